The molecule has 0 bridgehead atoms. The van der Waals surface area contributed by atoms with Crippen LogP contribution in [0.4, 0.5) is 11.4 Å². The Kier molecular flexibility index (Phi) is 6.72. The second-order valence-corrected chi connectivity index (χ2v) is 5.91. The Bertz CT molecular complexity index is 447. The molecule has 0 atom stereocenters. The number of anilines is 2. The van der Waals surface area contributed by atoms with Crippen LogP contribution >= 0.6 is 0 Å². The molecule has 1 fully saturated rings. The molecule has 2 rings (SSSR count). The Morgan fingerprint density at radius 3 is 2.27 bits per heavy atom. The molecule has 1 N–H and O–H groups in total. The van der Waals surface area contributed by atoms with Crippen LogP contribution in [0.1, 0.15) is 39.5 Å². The van der Waals surface area contributed by atoms with Crippen LogP contribution in [0.5, 0.6) is 0 Å². The van der Waals surface area contributed by atoms with E-state index in [9.17, 15) is 4.79 Å². The molecule has 0 unspecified atom stereocenters. The van der Waals surface area contributed by atoms with E-state index in [-0.39, 0.29) is 11.8 Å². The van der Waals surface area contributed by atoms with Gasteiger partial charge in [-0.2, -0.15) is 0 Å². The van der Waals surface area contributed by atoms with Crippen LogP contribution in [-0.2, 0) is 9.53 Å². The van der Waals surface area contributed by atoms with Crippen molar-refractivity contribution in [2.24, 2.45) is 5.92 Å². The van der Waals surface area contributed by atoms with Gasteiger partial charge in [-0.25, -0.2) is 0 Å². The monoisotopic (exact) mass is 304 g/mol. The average Bonchev–Trinajstić information content (AvgIpc) is 2.56. The second kappa shape index (κ2) is 8.79. The van der Waals surface area contributed by atoms with Gasteiger partial charge in [0.1, 0.15) is 0 Å². The van der Waals surface area contributed by atoms with E-state index in [1.54, 1.807) is 0 Å². The topological polar surface area (TPSA) is 41.6 Å². The highest BCUT2D eigenvalue weighted by molar-refractivity contribution is 5.92. The van der Waals surface area contributed by atoms with Crippen LogP contribution in [0.2, 0.25) is 0 Å². The molecule has 122 valence electrons. The number of carbonyl (C=O) groups excluding carboxylic acids is 1. The van der Waals surface area contributed by atoms with Crippen molar-refractivity contribution in [3.63, 3.8) is 0 Å². The van der Waals surface area contributed by atoms with Gasteiger partial charge in [-0.1, -0.05) is 13.8 Å². The maximum absolute atomic E-state index is 12.2. The molecule has 1 amide bonds. The Morgan fingerprint density at radius 2 is 1.73 bits per heavy atom. The first-order valence-corrected chi connectivity index (χ1v) is 8.48. The van der Waals surface area contributed by atoms with Gasteiger partial charge in [0.25, 0.3) is 0 Å². The van der Waals surface area contributed by atoms with E-state index in [1.165, 1.54) is 5.69 Å². The second-order valence-electron chi connectivity index (χ2n) is 5.91. The minimum Gasteiger partial charge on any atom is -0.381 e. The summed E-state index contributed by atoms with van der Waals surface area (Å²) in [6, 6.07) is 8.21. The van der Waals surface area contributed by atoms with Crippen molar-refractivity contribution in [3.8, 4) is 0 Å². The van der Waals surface area contributed by atoms with Gasteiger partial charge in [-0.05, 0) is 49.9 Å². The molecule has 0 spiro atoms. The Hall–Kier alpha value is -1.55. The number of nitrogens with zero attached hydrogens (tertiary/aromatic N) is 1. The fourth-order valence-corrected chi connectivity index (χ4v) is 2.87. The summed E-state index contributed by atoms with van der Waals surface area (Å²) in [5.74, 6) is 0.208. The average molecular weight is 304 g/mol. The van der Waals surface area contributed by atoms with Crippen molar-refractivity contribution in [2.45, 2.75) is 39.5 Å². The third-order valence-corrected chi connectivity index (χ3v) is 4.08. The molecule has 1 aromatic carbocycles. The maximum atomic E-state index is 12.2. The van der Waals surface area contributed by atoms with Gasteiger partial charge in [0.05, 0.1) is 0 Å². The quantitative estimate of drug-likeness (QED) is 0.835. The maximum Gasteiger partial charge on any atom is 0.227 e. The standard InChI is InChI=1S/C18H28N2O2/c1-3-11-20(12-4-2)17-7-5-16(6-8-17)19-18(21)15-9-13-22-14-10-15/h5-8,15H,3-4,9-14H2,1-2H3,(H,19,21). The molecular formula is C18H28N2O2. The highest BCUT2D eigenvalue weighted by Crippen LogP contribution is 2.21. The molecule has 1 heterocycles. The largest absolute Gasteiger partial charge is 0.381 e. The molecule has 0 saturated carbocycles. The fraction of sp³-hybridized carbons (Fsp3) is 0.611. The van der Waals surface area contributed by atoms with Crippen LogP contribution in [0.25, 0.3) is 0 Å². The van der Waals surface area contributed by atoms with Crippen molar-refractivity contribution in [2.75, 3.05) is 36.5 Å². The van der Waals surface area contributed by atoms with E-state index < -0.39 is 0 Å². The third-order valence-electron chi connectivity index (χ3n) is 4.08. The molecule has 22 heavy (non-hydrogen) atoms. The Balaban J connectivity index is 1.94. The third kappa shape index (κ3) is 4.73. The number of amides is 1. The lowest BCUT2D eigenvalue weighted by atomic mass is 9.99. The minimum atomic E-state index is 0.0881. The van der Waals surface area contributed by atoms with Crippen molar-refractivity contribution in [1.82, 2.24) is 0 Å². The summed E-state index contributed by atoms with van der Waals surface area (Å²) in [7, 11) is 0. The molecule has 0 aliphatic carbocycles. The minimum absolute atomic E-state index is 0.0881. The number of hydrogen-bond donors (Lipinski definition) is 1. The molecule has 1 aliphatic heterocycles. The van der Waals surface area contributed by atoms with Crippen LogP contribution < -0.4 is 10.2 Å². The summed E-state index contributed by atoms with van der Waals surface area (Å²) in [4.78, 5) is 14.6. The lowest BCUT2D eigenvalue weighted by Crippen LogP contribution is -2.28. The predicted octanol–water partition coefficient (Wildman–Crippen LogP) is 3.68. The zero-order chi connectivity index (χ0) is 15.8. The summed E-state index contributed by atoms with van der Waals surface area (Å²) in [6.07, 6.45) is 3.93. The van der Waals surface area contributed by atoms with Crippen LogP contribution in [0.15, 0.2) is 24.3 Å². The van der Waals surface area contributed by atoms with E-state index in [4.69, 9.17) is 4.74 Å². The molecule has 0 aromatic heterocycles. The molecule has 1 aromatic rings. The zero-order valence-corrected chi connectivity index (χ0v) is 13.8. The molecule has 1 aliphatic rings. The van der Waals surface area contributed by atoms with Crippen LogP contribution in [0.3, 0.4) is 0 Å². The van der Waals surface area contributed by atoms with Crippen molar-refractivity contribution < 1.29 is 9.53 Å². The van der Waals surface area contributed by atoms with Crippen LogP contribution in [-0.4, -0.2) is 32.2 Å². The smallest absolute Gasteiger partial charge is 0.227 e. The van der Waals surface area contributed by atoms with Crippen LogP contribution in [0, 0.1) is 5.92 Å². The Labute approximate surface area is 133 Å². The summed E-state index contributed by atoms with van der Waals surface area (Å²) in [6.45, 7) is 7.93. The van der Waals surface area contributed by atoms with E-state index in [0.29, 0.717) is 13.2 Å². The van der Waals surface area contributed by atoms with E-state index >= 15 is 0 Å². The number of ether oxygens (including phenoxy) is 1. The van der Waals surface area contributed by atoms with E-state index in [0.717, 1.165) is 44.5 Å². The number of benzene rings is 1. The van der Waals surface area contributed by atoms with Gasteiger partial charge in [0.15, 0.2) is 0 Å². The number of hydrogen-bond acceptors (Lipinski definition) is 3. The first kappa shape index (κ1) is 16.8. The highest BCUT2D eigenvalue weighted by atomic mass is 16.5. The SMILES string of the molecule is CCCN(CCC)c1ccc(NC(=O)C2CCOCC2)cc1. The highest BCUT2D eigenvalue weighted by Gasteiger charge is 2.21. The zero-order valence-electron chi connectivity index (χ0n) is 13.8. The predicted molar refractivity (Wildman–Crippen MR) is 91.4 cm³/mol. The Morgan fingerprint density at radius 1 is 1.14 bits per heavy atom. The molecular weight excluding hydrogens is 276 g/mol. The van der Waals surface area contributed by atoms with Gasteiger partial charge in [-0.15, -0.1) is 0 Å². The normalized spacial score (nSPS) is 15.5. The van der Waals surface area contributed by atoms with Crippen molar-refractivity contribution in [1.29, 1.82) is 0 Å². The summed E-state index contributed by atoms with van der Waals surface area (Å²) >= 11 is 0. The number of nitrogens with one attached hydrogen (secondary N) is 1. The number of rotatable bonds is 7. The first-order chi connectivity index (χ1) is 10.7. The summed E-state index contributed by atoms with van der Waals surface area (Å²) < 4.78 is 5.30. The summed E-state index contributed by atoms with van der Waals surface area (Å²) in [5.41, 5.74) is 2.11. The van der Waals surface area contributed by atoms with E-state index in [2.05, 4.69) is 36.2 Å². The van der Waals surface area contributed by atoms with Gasteiger partial charge < -0.3 is 15.0 Å². The van der Waals surface area contributed by atoms with Gasteiger partial charge in [0.2, 0.25) is 5.91 Å². The van der Waals surface area contributed by atoms with Gasteiger partial charge in [0, 0.05) is 43.6 Å². The lowest BCUT2D eigenvalue weighted by molar-refractivity contribution is -0.122. The van der Waals surface area contributed by atoms with Gasteiger partial charge >= 0.3 is 0 Å². The summed E-state index contributed by atoms with van der Waals surface area (Å²) in [5, 5.41) is 3.03. The van der Waals surface area contributed by atoms with Crippen molar-refractivity contribution in [3.05, 3.63) is 24.3 Å². The van der Waals surface area contributed by atoms with Crippen molar-refractivity contribution >= 4 is 17.3 Å². The number of carbonyl (C=O) groups is 1. The molecule has 4 nitrogen and oxygen atoms in total. The molecule has 1 saturated heterocycles. The lowest BCUT2D eigenvalue weighted by Gasteiger charge is -2.24. The van der Waals surface area contributed by atoms with Gasteiger partial charge in [-0.3, -0.25) is 4.79 Å². The molecule has 0 radical (unpaired) electrons. The van der Waals surface area contributed by atoms with E-state index in [1.807, 2.05) is 12.1 Å². The first-order valence-electron chi connectivity index (χ1n) is 8.48. The fourth-order valence-electron chi connectivity index (χ4n) is 2.87. The molecule has 4 heteroatoms.